The summed E-state index contributed by atoms with van der Waals surface area (Å²) in [5.41, 5.74) is 8.43. The molecule has 0 saturated carbocycles. The van der Waals surface area contributed by atoms with Gasteiger partial charge in [0.2, 0.25) is 17.7 Å². The standard InChI is InChI=1S/C40H48N12O3/c1-27-34(24-43-38-37(27)41-12-21-55-38)51-15-10-29-22-44-39(46-33(29)26-51)45-30-2-4-31(5-3-30)49-13-8-28(9-14-49)25-48-17-19-50(20-18-48)35-7-6-32(23-42-35)52-16-11-36(53)47-40(52)54/h2-7,22-24,28,41H,8-21,25-26H2,1H3,(H,44,45,46)(H,47,53,54). The van der Waals surface area contributed by atoms with E-state index in [1.54, 1.807) is 11.1 Å². The molecule has 3 saturated heterocycles. The van der Waals surface area contributed by atoms with Crippen LogP contribution >= 0.6 is 0 Å². The molecular formula is C40H48N12O3. The first-order valence-electron chi connectivity index (χ1n) is 19.6. The molecule has 0 aliphatic carbocycles. The molecule has 4 aromatic rings. The summed E-state index contributed by atoms with van der Waals surface area (Å²) in [6, 6.07) is 12.2. The molecule has 3 aromatic heterocycles. The van der Waals surface area contributed by atoms with Gasteiger partial charge in [0.05, 0.1) is 36.0 Å². The first-order valence-corrected chi connectivity index (χ1v) is 19.6. The van der Waals surface area contributed by atoms with Crippen molar-refractivity contribution in [2.45, 2.75) is 39.2 Å². The van der Waals surface area contributed by atoms with Gasteiger partial charge in [0.1, 0.15) is 18.1 Å². The van der Waals surface area contributed by atoms with Crippen molar-refractivity contribution >= 4 is 52.1 Å². The number of aromatic nitrogens is 4. The van der Waals surface area contributed by atoms with E-state index in [1.165, 1.54) is 24.1 Å². The van der Waals surface area contributed by atoms with E-state index in [1.807, 2.05) is 24.5 Å². The number of imide groups is 1. The molecule has 8 heterocycles. The molecule has 9 rings (SSSR count). The van der Waals surface area contributed by atoms with Gasteiger partial charge >= 0.3 is 6.03 Å². The topological polar surface area (TPSA) is 147 Å². The Hall–Kier alpha value is -5.70. The number of urea groups is 1. The van der Waals surface area contributed by atoms with E-state index in [0.717, 1.165) is 99.5 Å². The Morgan fingerprint density at radius 3 is 2.42 bits per heavy atom. The minimum atomic E-state index is -0.384. The number of hydrogen-bond acceptors (Lipinski definition) is 13. The minimum Gasteiger partial charge on any atom is -0.474 e. The third-order valence-corrected chi connectivity index (χ3v) is 11.6. The molecule has 5 aliphatic heterocycles. The number of anilines is 7. The summed E-state index contributed by atoms with van der Waals surface area (Å²) in [5, 5.41) is 9.26. The van der Waals surface area contributed by atoms with Crippen molar-refractivity contribution in [2.24, 2.45) is 5.92 Å². The average molecular weight is 745 g/mol. The van der Waals surface area contributed by atoms with Crippen molar-refractivity contribution in [2.75, 3.05) is 102 Å². The Kier molecular flexibility index (Phi) is 9.68. The monoisotopic (exact) mass is 744 g/mol. The molecule has 3 fully saturated rings. The van der Waals surface area contributed by atoms with Gasteiger partial charge in [-0.2, -0.15) is 0 Å². The van der Waals surface area contributed by atoms with Gasteiger partial charge in [0, 0.05) is 95.0 Å². The van der Waals surface area contributed by atoms with Crippen LogP contribution in [0.4, 0.5) is 45.0 Å². The first kappa shape index (κ1) is 35.0. The number of amides is 3. The smallest absolute Gasteiger partial charge is 0.328 e. The van der Waals surface area contributed by atoms with Crippen LogP contribution in [0.5, 0.6) is 5.88 Å². The Labute approximate surface area is 321 Å². The molecule has 1 aromatic carbocycles. The molecule has 286 valence electrons. The number of rotatable bonds is 8. The van der Waals surface area contributed by atoms with Gasteiger partial charge in [0.25, 0.3) is 0 Å². The van der Waals surface area contributed by atoms with Gasteiger partial charge in [-0.05, 0) is 74.1 Å². The molecule has 0 unspecified atom stereocenters. The van der Waals surface area contributed by atoms with Gasteiger partial charge in [0.15, 0.2) is 0 Å². The van der Waals surface area contributed by atoms with Crippen LogP contribution in [0.3, 0.4) is 0 Å². The summed E-state index contributed by atoms with van der Waals surface area (Å²) >= 11 is 0. The molecule has 0 spiro atoms. The fraction of sp³-hybridized carbons (Fsp3) is 0.450. The predicted octanol–water partition coefficient (Wildman–Crippen LogP) is 4.17. The number of piperazine rings is 1. The van der Waals surface area contributed by atoms with Gasteiger partial charge in [-0.1, -0.05) is 0 Å². The fourth-order valence-corrected chi connectivity index (χ4v) is 8.42. The average Bonchev–Trinajstić information content (AvgIpc) is 3.22. The number of carbonyl (C=O) groups is 2. The number of pyridine rings is 2. The summed E-state index contributed by atoms with van der Waals surface area (Å²) < 4.78 is 5.74. The number of nitrogens with one attached hydrogen (secondary N) is 3. The van der Waals surface area contributed by atoms with Gasteiger partial charge in [-0.3, -0.25) is 19.9 Å². The molecule has 15 nitrogen and oxygen atoms in total. The van der Waals surface area contributed by atoms with E-state index in [4.69, 9.17) is 9.72 Å². The molecule has 0 bridgehead atoms. The van der Waals surface area contributed by atoms with Gasteiger partial charge < -0.3 is 30.1 Å². The third kappa shape index (κ3) is 7.53. The zero-order valence-electron chi connectivity index (χ0n) is 31.3. The number of hydrogen-bond donors (Lipinski definition) is 3. The fourth-order valence-electron chi connectivity index (χ4n) is 8.42. The van der Waals surface area contributed by atoms with E-state index >= 15 is 0 Å². The second-order valence-electron chi connectivity index (χ2n) is 15.1. The number of ether oxygens (including phenoxy) is 1. The highest BCUT2D eigenvalue weighted by molar-refractivity contribution is 6.05. The summed E-state index contributed by atoms with van der Waals surface area (Å²) in [4.78, 5) is 53.8. The van der Waals surface area contributed by atoms with Crippen molar-refractivity contribution in [3.05, 3.63) is 71.8 Å². The largest absolute Gasteiger partial charge is 0.474 e. The first-order chi connectivity index (χ1) is 26.9. The second kappa shape index (κ2) is 15.2. The summed E-state index contributed by atoms with van der Waals surface area (Å²) in [6.07, 6.45) is 9.19. The Balaban J connectivity index is 0.732. The molecule has 3 N–H and O–H groups in total. The summed E-state index contributed by atoms with van der Waals surface area (Å²) in [7, 11) is 0. The lowest BCUT2D eigenvalue weighted by molar-refractivity contribution is -0.120. The maximum absolute atomic E-state index is 12.2. The maximum atomic E-state index is 12.2. The van der Waals surface area contributed by atoms with E-state index in [0.29, 0.717) is 49.6 Å². The molecule has 15 heteroatoms. The molecule has 5 aliphatic rings. The predicted molar refractivity (Wildman–Crippen MR) is 213 cm³/mol. The Morgan fingerprint density at radius 2 is 1.64 bits per heavy atom. The number of piperidine rings is 1. The van der Waals surface area contributed by atoms with Crippen molar-refractivity contribution < 1.29 is 14.3 Å². The lowest BCUT2D eigenvalue weighted by Gasteiger charge is -2.39. The highest BCUT2D eigenvalue weighted by atomic mass is 16.5. The van der Waals surface area contributed by atoms with E-state index < -0.39 is 0 Å². The normalized spacial score (nSPS) is 19.3. The SMILES string of the molecule is Cc1c(N2CCc3cnc(Nc4ccc(N5CCC(CN6CCN(c7ccc(N8CCC(=O)NC8=O)cn7)CC6)CC5)cc4)nc3C2)cnc2c1NCCO2. The number of nitrogens with zero attached hydrogens (tertiary/aromatic N) is 9. The van der Waals surface area contributed by atoms with E-state index in [9.17, 15) is 9.59 Å². The molecule has 3 amide bonds. The van der Waals surface area contributed by atoms with E-state index in [-0.39, 0.29) is 11.9 Å². The zero-order valence-corrected chi connectivity index (χ0v) is 31.3. The van der Waals surface area contributed by atoms with Crippen LogP contribution in [0.1, 0.15) is 36.1 Å². The van der Waals surface area contributed by atoms with Crippen molar-refractivity contribution in [3.8, 4) is 5.88 Å². The number of benzene rings is 1. The number of carbonyl (C=O) groups excluding carboxylic acids is 2. The van der Waals surface area contributed by atoms with Crippen LogP contribution in [0.25, 0.3) is 0 Å². The third-order valence-electron chi connectivity index (χ3n) is 11.6. The molecular weight excluding hydrogens is 697 g/mol. The van der Waals surface area contributed by atoms with Gasteiger partial charge in [-0.25, -0.2) is 24.7 Å². The van der Waals surface area contributed by atoms with Crippen LogP contribution in [-0.4, -0.2) is 109 Å². The van der Waals surface area contributed by atoms with Crippen LogP contribution < -0.4 is 40.3 Å². The summed E-state index contributed by atoms with van der Waals surface area (Å²) in [6.45, 7) is 12.7. The Morgan fingerprint density at radius 1 is 0.818 bits per heavy atom. The van der Waals surface area contributed by atoms with Crippen molar-refractivity contribution in [1.29, 1.82) is 0 Å². The lowest BCUT2D eigenvalue weighted by atomic mass is 9.95. The maximum Gasteiger partial charge on any atom is 0.328 e. The van der Waals surface area contributed by atoms with Crippen molar-refractivity contribution in [1.82, 2.24) is 30.2 Å². The van der Waals surface area contributed by atoms with Crippen molar-refractivity contribution in [3.63, 3.8) is 0 Å². The Bertz CT molecular complexity index is 2030. The van der Waals surface area contributed by atoms with Crippen LogP contribution in [0.2, 0.25) is 0 Å². The lowest BCUT2D eigenvalue weighted by Crippen LogP contribution is -2.50. The highest BCUT2D eigenvalue weighted by Crippen LogP contribution is 2.36. The summed E-state index contributed by atoms with van der Waals surface area (Å²) in [5.74, 6) is 2.69. The van der Waals surface area contributed by atoms with Crippen LogP contribution in [0.15, 0.2) is 55.0 Å². The zero-order chi connectivity index (χ0) is 37.3. The second-order valence-corrected chi connectivity index (χ2v) is 15.1. The van der Waals surface area contributed by atoms with E-state index in [2.05, 4.69) is 81.7 Å². The molecule has 0 atom stereocenters. The highest BCUT2D eigenvalue weighted by Gasteiger charge is 2.28. The quantitative estimate of drug-likeness (QED) is 0.238. The van der Waals surface area contributed by atoms with Gasteiger partial charge in [-0.15, -0.1) is 0 Å². The molecule has 0 radical (unpaired) electrons. The van der Waals surface area contributed by atoms with Crippen LogP contribution in [0, 0.1) is 12.8 Å². The number of fused-ring (bicyclic) bond motifs is 2. The molecule has 55 heavy (non-hydrogen) atoms. The minimum absolute atomic E-state index is 0.232. The van der Waals surface area contributed by atoms with Crippen LogP contribution in [-0.2, 0) is 17.8 Å².